The van der Waals surface area contributed by atoms with E-state index < -0.39 is 11.9 Å². The van der Waals surface area contributed by atoms with Gasteiger partial charge in [-0.1, -0.05) is 0 Å². The Morgan fingerprint density at radius 2 is 1.12 bits per heavy atom. The first kappa shape index (κ1) is 22.6. The molecule has 9 heteroatoms. The van der Waals surface area contributed by atoms with Gasteiger partial charge in [0.2, 0.25) is 0 Å². The van der Waals surface area contributed by atoms with Crippen LogP contribution in [0.4, 0.5) is 11.4 Å². The smallest absolute Gasteiger partial charge is 0.545 e. The SMILES string of the molecule is CN(C)c1ccncc1C(=O)[O-].CN(C)c1ccncc1C(=O)[O-].[Mg+2]. The molecule has 2 rings (SSSR count). The number of carbonyl (C=O) groups is 2. The minimum atomic E-state index is -1.20. The van der Waals surface area contributed by atoms with E-state index in [1.54, 1.807) is 62.5 Å². The third-order valence-corrected chi connectivity index (χ3v) is 3.00. The van der Waals surface area contributed by atoms with E-state index in [-0.39, 0.29) is 34.2 Å². The fourth-order valence-corrected chi connectivity index (χ4v) is 1.87. The van der Waals surface area contributed by atoms with Crippen LogP contribution in [0, 0.1) is 0 Å². The summed E-state index contributed by atoms with van der Waals surface area (Å²) in [5.41, 5.74) is 1.43. The number of anilines is 2. The summed E-state index contributed by atoms with van der Waals surface area (Å²) in [6.07, 6.45) is 5.65. The standard InChI is InChI=1S/2C8H10N2O2.Mg/c2*1-10(2)7-3-4-9-5-6(7)8(11)12;/h2*3-5H,1-2H3,(H,11,12);/q;;+2/p-2. The maximum Gasteiger partial charge on any atom is 2.00 e. The van der Waals surface area contributed by atoms with Crippen LogP contribution in [0.25, 0.3) is 0 Å². The van der Waals surface area contributed by atoms with Gasteiger partial charge in [0.1, 0.15) is 0 Å². The average Bonchev–Trinajstić information content (AvgIpc) is 2.55. The minimum absolute atomic E-state index is 0. The molecule has 0 spiro atoms. The zero-order valence-corrected chi connectivity index (χ0v) is 16.0. The van der Waals surface area contributed by atoms with Gasteiger partial charge in [-0.15, -0.1) is 0 Å². The summed E-state index contributed by atoms with van der Waals surface area (Å²) in [6.45, 7) is 0. The van der Waals surface area contributed by atoms with Crippen molar-refractivity contribution in [1.29, 1.82) is 0 Å². The van der Waals surface area contributed by atoms with E-state index >= 15 is 0 Å². The van der Waals surface area contributed by atoms with Crippen LogP contribution in [-0.4, -0.2) is 73.2 Å². The second-order valence-corrected chi connectivity index (χ2v) is 5.15. The van der Waals surface area contributed by atoms with Crippen LogP contribution in [0.1, 0.15) is 20.7 Å². The summed E-state index contributed by atoms with van der Waals surface area (Å²) in [4.78, 5) is 31.9. The number of carboxylic acids is 2. The molecule has 2 aromatic heterocycles. The maximum absolute atomic E-state index is 10.5. The number of hydrogen-bond acceptors (Lipinski definition) is 8. The van der Waals surface area contributed by atoms with Crippen molar-refractivity contribution in [2.45, 2.75) is 0 Å². The topological polar surface area (TPSA) is 113 Å². The quantitative estimate of drug-likeness (QED) is 0.619. The number of carboxylic acid groups (broad SMARTS) is 2. The van der Waals surface area contributed by atoms with Crippen LogP contribution in [0.5, 0.6) is 0 Å². The summed E-state index contributed by atoms with van der Waals surface area (Å²) < 4.78 is 0. The van der Waals surface area contributed by atoms with Gasteiger partial charge in [0.25, 0.3) is 0 Å². The van der Waals surface area contributed by atoms with Crippen molar-refractivity contribution in [3.05, 3.63) is 48.0 Å². The molecule has 0 fully saturated rings. The molecule has 0 atom stereocenters. The Balaban J connectivity index is 0.000000443. The van der Waals surface area contributed by atoms with Gasteiger partial charge in [-0.05, 0) is 12.1 Å². The molecule has 0 saturated carbocycles. The molecule has 0 N–H and O–H groups in total. The van der Waals surface area contributed by atoms with Crippen LogP contribution in [0.3, 0.4) is 0 Å². The van der Waals surface area contributed by atoms with E-state index in [2.05, 4.69) is 9.97 Å². The number of aromatic carboxylic acids is 2. The van der Waals surface area contributed by atoms with Crippen LogP contribution >= 0.6 is 0 Å². The van der Waals surface area contributed by atoms with Crippen molar-refractivity contribution in [3.63, 3.8) is 0 Å². The van der Waals surface area contributed by atoms with Crippen LogP contribution in [-0.2, 0) is 0 Å². The monoisotopic (exact) mass is 354 g/mol. The molecule has 2 aromatic rings. The summed E-state index contributed by atoms with van der Waals surface area (Å²) in [6, 6.07) is 3.26. The molecular formula is C16H18MgN4O4. The summed E-state index contributed by atoms with van der Waals surface area (Å²) in [5.74, 6) is -2.40. The van der Waals surface area contributed by atoms with E-state index in [1.165, 1.54) is 12.4 Å². The first-order chi connectivity index (χ1) is 11.3. The Labute approximate surface area is 162 Å². The van der Waals surface area contributed by atoms with Crippen molar-refractivity contribution < 1.29 is 19.8 Å². The molecule has 0 amide bonds. The van der Waals surface area contributed by atoms with Crippen LogP contribution < -0.4 is 20.0 Å². The molecule has 0 aliphatic carbocycles. The van der Waals surface area contributed by atoms with Gasteiger partial charge >= 0.3 is 23.1 Å². The van der Waals surface area contributed by atoms with E-state index in [4.69, 9.17) is 0 Å². The molecule has 0 radical (unpaired) electrons. The van der Waals surface area contributed by atoms with Crippen LogP contribution in [0.15, 0.2) is 36.9 Å². The molecule has 0 aliphatic rings. The third kappa shape index (κ3) is 6.55. The van der Waals surface area contributed by atoms with Crippen LogP contribution in [0.2, 0.25) is 0 Å². The fraction of sp³-hybridized carbons (Fsp3) is 0.250. The number of pyridine rings is 2. The molecule has 0 aliphatic heterocycles. The molecule has 25 heavy (non-hydrogen) atoms. The predicted molar refractivity (Wildman–Crippen MR) is 91.5 cm³/mol. The second-order valence-electron chi connectivity index (χ2n) is 5.15. The van der Waals surface area contributed by atoms with Gasteiger partial charge in [-0.25, -0.2) is 0 Å². The predicted octanol–water partition coefficient (Wildman–Crippen LogP) is -1.36. The van der Waals surface area contributed by atoms with Crippen molar-refractivity contribution in [3.8, 4) is 0 Å². The van der Waals surface area contributed by atoms with Gasteiger partial charge in [0.15, 0.2) is 0 Å². The maximum atomic E-state index is 10.5. The first-order valence-corrected chi connectivity index (χ1v) is 6.91. The van der Waals surface area contributed by atoms with E-state index in [1.807, 2.05) is 0 Å². The zero-order valence-electron chi connectivity index (χ0n) is 14.6. The molecule has 0 bridgehead atoms. The van der Waals surface area contributed by atoms with Gasteiger partial charge < -0.3 is 29.6 Å². The Bertz CT molecular complexity index is 661. The number of nitrogens with zero attached hydrogens (tertiary/aromatic N) is 4. The van der Waals surface area contributed by atoms with E-state index in [9.17, 15) is 19.8 Å². The molecule has 0 aromatic carbocycles. The number of aromatic nitrogens is 2. The first-order valence-electron chi connectivity index (χ1n) is 6.91. The van der Waals surface area contributed by atoms with Crippen molar-refractivity contribution >= 4 is 46.4 Å². The Morgan fingerprint density at radius 1 is 0.800 bits per heavy atom. The van der Waals surface area contributed by atoms with E-state index in [0.717, 1.165) is 0 Å². The van der Waals surface area contributed by atoms with E-state index in [0.29, 0.717) is 11.4 Å². The summed E-state index contributed by atoms with van der Waals surface area (Å²) in [7, 11) is 7.06. The number of rotatable bonds is 4. The molecule has 0 saturated heterocycles. The molecular weight excluding hydrogens is 337 g/mol. The van der Waals surface area contributed by atoms with Crippen molar-refractivity contribution in [2.75, 3.05) is 38.0 Å². The Hall–Kier alpha value is -2.39. The molecule has 128 valence electrons. The Morgan fingerprint density at radius 3 is 1.32 bits per heavy atom. The Kier molecular flexibility index (Phi) is 9.46. The number of hydrogen-bond donors (Lipinski definition) is 0. The van der Waals surface area contributed by atoms with Gasteiger partial charge in [-0.2, -0.15) is 0 Å². The third-order valence-electron chi connectivity index (χ3n) is 3.00. The molecule has 2 heterocycles. The summed E-state index contributed by atoms with van der Waals surface area (Å²) in [5, 5.41) is 21.1. The van der Waals surface area contributed by atoms with Gasteiger partial charge in [-0.3, -0.25) is 9.97 Å². The number of carbonyl (C=O) groups excluding carboxylic acids is 2. The second kappa shape index (κ2) is 10.5. The zero-order chi connectivity index (χ0) is 18.3. The van der Waals surface area contributed by atoms with Gasteiger partial charge in [0, 0.05) is 75.5 Å². The van der Waals surface area contributed by atoms with Crippen molar-refractivity contribution in [1.82, 2.24) is 9.97 Å². The largest absolute Gasteiger partial charge is 2.00 e. The average molecular weight is 355 g/mol. The van der Waals surface area contributed by atoms with Gasteiger partial charge in [0.05, 0.1) is 11.9 Å². The summed E-state index contributed by atoms with van der Waals surface area (Å²) >= 11 is 0. The van der Waals surface area contributed by atoms with Crippen molar-refractivity contribution in [2.24, 2.45) is 0 Å². The minimum Gasteiger partial charge on any atom is -0.545 e. The molecule has 8 nitrogen and oxygen atoms in total. The molecule has 0 unspecified atom stereocenters. The normalized spacial score (nSPS) is 9.12. The fourth-order valence-electron chi connectivity index (χ4n) is 1.87.